The molecule has 1 aliphatic heterocycles. The van der Waals surface area contributed by atoms with Crippen LogP contribution in [0.15, 0.2) is 72.8 Å². The maximum Gasteiger partial charge on any atom is 0.270 e. The van der Waals surface area contributed by atoms with Crippen LogP contribution in [0.25, 0.3) is 0 Å². The average Bonchev–Trinajstić information content (AvgIpc) is 3.06. The first-order valence-corrected chi connectivity index (χ1v) is 10.9. The second kappa shape index (κ2) is 6.39. The summed E-state index contributed by atoms with van der Waals surface area (Å²) in [6.07, 6.45) is 0. The third kappa shape index (κ3) is 2.25. The number of hydrogen-bond donors (Lipinski definition) is 1. The van der Waals surface area contributed by atoms with E-state index in [0.717, 1.165) is 32.8 Å². The van der Waals surface area contributed by atoms with Gasteiger partial charge in [0.25, 0.3) is 17.7 Å². The normalized spacial score (nSPS) is 27.1. The Morgan fingerprint density at radius 1 is 0.844 bits per heavy atom. The monoisotopic (exact) mass is 422 g/mol. The third-order valence-electron chi connectivity index (χ3n) is 7.57. The van der Waals surface area contributed by atoms with Gasteiger partial charge in [0.05, 0.1) is 11.8 Å². The minimum atomic E-state index is -0.636. The summed E-state index contributed by atoms with van der Waals surface area (Å²) in [6, 6.07) is 23.3. The predicted molar refractivity (Wildman–Crippen MR) is 119 cm³/mol. The Balaban J connectivity index is 1.45. The van der Waals surface area contributed by atoms with Crippen LogP contribution in [0, 0.1) is 18.8 Å². The van der Waals surface area contributed by atoms with E-state index in [1.165, 1.54) is 0 Å². The fourth-order valence-electron chi connectivity index (χ4n) is 6.13. The summed E-state index contributed by atoms with van der Waals surface area (Å²) in [5.41, 5.74) is 7.80. The Bertz CT molecular complexity index is 1260. The summed E-state index contributed by atoms with van der Waals surface area (Å²) < 4.78 is 0. The Kier molecular flexibility index (Phi) is 3.79. The van der Waals surface area contributed by atoms with Crippen molar-refractivity contribution in [3.05, 3.63) is 106 Å². The zero-order chi connectivity index (χ0) is 22.2. The fraction of sp³-hybridized carbons (Fsp3) is 0.222. The largest absolute Gasteiger partial charge is 0.272 e. The van der Waals surface area contributed by atoms with E-state index < -0.39 is 23.2 Å². The van der Waals surface area contributed by atoms with Crippen LogP contribution >= 0.6 is 0 Å². The SMILES string of the molecule is Cc1ccc(C(=O)NN2C(=O)[C@@H]3C4c5ccccc5C(C)(c5ccccc54)[C@H]3C2=O)cc1. The van der Waals surface area contributed by atoms with Gasteiger partial charge in [-0.1, -0.05) is 73.2 Å². The quantitative estimate of drug-likeness (QED) is 0.641. The van der Waals surface area contributed by atoms with Gasteiger partial charge in [0.1, 0.15) is 0 Å². The van der Waals surface area contributed by atoms with Crippen molar-refractivity contribution in [3.63, 3.8) is 0 Å². The van der Waals surface area contributed by atoms with Gasteiger partial charge in [-0.3, -0.25) is 19.8 Å². The van der Waals surface area contributed by atoms with Crippen molar-refractivity contribution < 1.29 is 14.4 Å². The molecule has 4 aliphatic rings. The van der Waals surface area contributed by atoms with Crippen LogP contribution in [-0.2, 0) is 15.0 Å². The van der Waals surface area contributed by atoms with Crippen LogP contribution in [0.3, 0.4) is 0 Å². The zero-order valence-electron chi connectivity index (χ0n) is 17.8. The highest BCUT2D eigenvalue weighted by molar-refractivity contribution is 6.10. The van der Waals surface area contributed by atoms with Gasteiger partial charge in [-0.15, -0.1) is 0 Å². The molecule has 158 valence electrons. The molecular weight excluding hydrogens is 400 g/mol. The number of imide groups is 1. The van der Waals surface area contributed by atoms with Gasteiger partial charge in [-0.05, 0) is 41.3 Å². The van der Waals surface area contributed by atoms with E-state index in [2.05, 4.69) is 36.6 Å². The Hall–Kier alpha value is -3.73. The molecule has 0 aromatic heterocycles. The van der Waals surface area contributed by atoms with Crippen molar-refractivity contribution in [1.29, 1.82) is 0 Å². The van der Waals surface area contributed by atoms with Crippen LogP contribution in [0.4, 0.5) is 0 Å². The topological polar surface area (TPSA) is 66.5 Å². The molecule has 5 nitrogen and oxygen atoms in total. The number of hydrazine groups is 1. The minimum Gasteiger partial charge on any atom is -0.272 e. The summed E-state index contributed by atoms with van der Waals surface area (Å²) in [7, 11) is 0. The molecule has 1 fully saturated rings. The first-order valence-electron chi connectivity index (χ1n) is 10.9. The number of nitrogens with zero attached hydrogens (tertiary/aromatic N) is 1. The molecular formula is C27H22N2O3. The lowest BCUT2D eigenvalue weighted by molar-refractivity contribution is -0.143. The van der Waals surface area contributed by atoms with Crippen molar-refractivity contribution in [2.75, 3.05) is 0 Å². The van der Waals surface area contributed by atoms with E-state index in [-0.39, 0.29) is 17.7 Å². The highest BCUT2D eigenvalue weighted by Crippen LogP contribution is 2.63. The lowest BCUT2D eigenvalue weighted by Gasteiger charge is -2.52. The van der Waals surface area contributed by atoms with Crippen molar-refractivity contribution in [1.82, 2.24) is 10.4 Å². The maximum absolute atomic E-state index is 13.7. The number of nitrogens with one attached hydrogen (secondary N) is 1. The van der Waals surface area contributed by atoms with E-state index >= 15 is 0 Å². The van der Waals surface area contributed by atoms with Crippen LogP contribution in [0.1, 0.15) is 51.0 Å². The number of rotatable bonds is 2. The number of benzene rings is 3. The molecule has 32 heavy (non-hydrogen) atoms. The van der Waals surface area contributed by atoms with Crippen LogP contribution in [0.5, 0.6) is 0 Å². The van der Waals surface area contributed by atoms with Gasteiger partial charge < -0.3 is 0 Å². The van der Waals surface area contributed by atoms with Crippen molar-refractivity contribution in [2.24, 2.45) is 11.8 Å². The number of hydrogen-bond acceptors (Lipinski definition) is 3. The van der Waals surface area contributed by atoms with Gasteiger partial charge in [-0.2, -0.15) is 5.01 Å². The van der Waals surface area contributed by atoms with Crippen LogP contribution < -0.4 is 5.43 Å². The number of carbonyl (C=O) groups excluding carboxylic acids is 3. The standard InChI is InChI=1S/C27H22N2O3/c1-15-11-13-16(14-12-15)24(30)28-29-25(31)22-21-17-7-3-5-9-19(17)27(2,23(22)26(29)32)20-10-6-4-8-18(20)21/h3-14,21-23H,1-2H3,(H,28,30)/t21?,22-,23-,27?/m1/s1. The molecule has 7 rings (SSSR count). The second-order valence-electron chi connectivity index (χ2n) is 9.18. The van der Waals surface area contributed by atoms with Crippen LogP contribution in [0.2, 0.25) is 0 Å². The highest BCUT2D eigenvalue weighted by atomic mass is 16.2. The third-order valence-corrected chi connectivity index (χ3v) is 7.57. The van der Waals surface area contributed by atoms with E-state index in [4.69, 9.17) is 0 Å². The maximum atomic E-state index is 13.7. The molecule has 3 aromatic rings. The number of amides is 3. The molecule has 0 radical (unpaired) electrons. The summed E-state index contributed by atoms with van der Waals surface area (Å²) in [5, 5.41) is 0.973. The summed E-state index contributed by atoms with van der Waals surface area (Å²) in [4.78, 5) is 40.1. The van der Waals surface area contributed by atoms with Crippen molar-refractivity contribution in [2.45, 2.75) is 25.2 Å². The van der Waals surface area contributed by atoms with Gasteiger partial charge in [0.15, 0.2) is 0 Å². The lowest BCUT2D eigenvalue weighted by Crippen LogP contribution is -2.52. The molecule has 0 unspecified atom stereocenters. The molecule has 0 saturated carbocycles. The number of carbonyl (C=O) groups is 3. The Morgan fingerprint density at radius 3 is 2.00 bits per heavy atom. The molecule has 3 amide bonds. The molecule has 5 heteroatoms. The average molecular weight is 422 g/mol. The van der Waals surface area contributed by atoms with E-state index in [1.54, 1.807) is 12.1 Å². The zero-order valence-corrected chi connectivity index (χ0v) is 17.8. The lowest BCUT2D eigenvalue weighted by atomic mass is 9.48. The van der Waals surface area contributed by atoms with Crippen molar-refractivity contribution in [3.8, 4) is 0 Å². The smallest absolute Gasteiger partial charge is 0.270 e. The molecule has 2 bridgehead atoms. The second-order valence-corrected chi connectivity index (χ2v) is 9.18. The molecule has 1 heterocycles. The molecule has 1 N–H and O–H groups in total. The van der Waals surface area contributed by atoms with Gasteiger partial charge in [0, 0.05) is 16.9 Å². The Labute approximate surface area is 186 Å². The first kappa shape index (κ1) is 19.0. The van der Waals surface area contributed by atoms with Crippen LogP contribution in [-0.4, -0.2) is 22.7 Å². The minimum absolute atomic E-state index is 0.202. The molecule has 1 saturated heterocycles. The van der Waals surface area contributed by atoms with E-state index in [0.29, 0.717) is 5.56 Å². The predicted octanol–water partition coefficient (Wildman–Crippen LogP) is 3.71. The van der Waals surface area contributed by atoms with Gasteiger partial charge in [-0.25, -0.2) is 0 Å². The highest BCUT2D eigenvalue weighted by Gasteiger charge is 2.66. The molecule has 3 aliphatic carbocycles. The number of aryl methyl sites for hydroxylation is 1. The summed E-state index contributed by atoms with van der Waals surface area (Å²) >= 11 is 0. The summed E-state index contributed by atoms with van der Waals surface area (Å²) in [5.74, 6) is -2.42. The molecule has 3 aromatic carbocycles. The molecule has 2 atom stereocenters. The van der Waals surface area contributed by atoms with E-state index in [1.807, 2.05) is 43.3 Å². The molecule has 0 spiro atoms. The summed E-state index contributed by atoms with van der Waals surface area (Å²) in [6.45, 7) is 4.00. The Morgan fingerprint density at radius 2 is 1.41 bits per heavy atom. The van der Waals surface area contributed by atoms with Gasteiger partial charge >= 0.3 is 0 Å². The van der Waals surface area contributed by atoms with Gasteiger partial charge in [0.2, 0.25) is 0 Å². The fourth-order valence-corrected chi connectivity index (χ4v) is 6.13. The first-order chi connectivity index (χ1) is 15.4. The van der Waals surface area contributed by atoms with Crippen molar-refractivity contribution >= 4 is 17.7 Å². The van der Waals surface area contributed by atoms with E-state index in [9.17, 15) is 14.4 Å².